The molecule has 0 bridgehead atoms. The molecule has 1 aliphatic heterocycles. The molecular formula is C23H35IN6O. The lowest BCUT2D eigenvalue weighted by atomic mass is 9.88. The van der Waals surface area contributed by atoms with Gasteiger partial charge in [-0.25, -0.2) is 4.98 Å². The molecule has 1 unspecified atom stereocenters. The van der Waals surface area contributed by atoms with Gasteiger partial charge in [-0.15, -0.1) is 24.0 Å². The van der Waals surface area contributed by atoms with E-state index in [-0.39, 0.29) is 35.9 Å². The molecular weight excluding hydrogens is 503 g/mol. The summed E-state index contributed by atoms with van der Waals surface area (Å²) in [6.45, 7) is 5.26. The summed E-state index contributed by atoms with van der Waals surface area (Å²) in [5, 5.41) is 6.93. The molecule has 7 nitrogen and oxygen atoms in total. The number of hydrogen-bond donors (Lipinski definition) is 2. The number of rotatable bonds is 5. The van der Waals surface area contributed by atoms with Gasteiger partial charge in [0.2, 0.25) is 5.91 Å². The van der Waals surface area contributed by atoms with Gasteiger partial charge in [0.15, 0.2) is 5.96 Å². The van der Waals surface area contributed by atoms with E-state index in [0.29, 0.717) is 5.91 Å². The number of halogens is 1. The van der Waals surface area contributed by atoms with E-state index in [2.05, 4.69) is 36.1 Å². The highest BCUT2D eigenvalue weighted by Gasteiger charge is 2.31. The van der Waals surface area contributed by atoms with Crippen molar-refractivity contribution < 1.29 is 4.79 Å². The number of hydrogen-bond acceptors (Lipinski definition) is 3. The normalized spacial score (nSPS) is 20.0. The summed E-state index contributed by atoms with van der Waals surface area (Å²) in [5.41, 5.74) is 2.19. The van der Waals surface area contributed by atoms with Crippen molar-refractivity contribution in [2.24, 2.45) is 10.9 Å². The Morgan fingerprint density at radius 1 is 1.19 bits per heavy atom. The van der Waals surface area contributed by atoms with Crippen molar-refractivity contribution in [2.45, 2.75) is 58.0 Å². The van der Waals surface area contributed by atoms with Crippen LogP contribution in [0.4, 0.5) is 0 Å². The Morgan fingerprint density at radius 3 is 2.74 bits per heavy atom. The van der Waals surface area contributed by atoms with E-state index >= 15 is 0 Å². The van der Waals surface area contributed by atoms with E-state index in [4.69, 9.17) is 0 Å². The van der Waals surface area contributed by atoms with Crippen molar-refractivity contribution in [1.29, 1.82) is 0 Å². The number of aryl methyl sites for hydroxylation is 1. The molecule has 1 aliphatic carbocycles. The molecule has 1 aromatic heterocycles. The summed E-state index contributed by atoms with van der Waals surface area (Å²) >= 11 is 0. The second kappa shape index (κ2) is 11.2. The lowest BCUT2D eigenvalue weighted by molar-refractivity contribution is -0.135. The van der Waals surface area contributed by atoms with Crippen LogP contribution in [0.5, 0.6) is 0 Å². The fourth-order valence-electron chi connectivity index (χ4n) is 4.84. The molecule has 4 rings (SSSR count). The van der Waals surface area contributed by atoms with Crippen LogP contribution in [0.2, 0.25) is 0 Å². The summed E-state index contributed by atoms with van der Waals surface area (Å²) in [7, 11) is 1.80. The minimum atomic E-state index is 0. The van der Waals surface area contributed by atoms with Crippen molar-refractivity contribution in [1.82, 2.24) is 25.1 Å². The zero-order valence-corrected chi connectivity index (χ0v) is 21.0. The molecule has 1 saturated carbocycles. The second-order valence-electron chi connectivity index (χ2n) is 8.55. The molecule has 31 heavy (non-hydrogen) atoms. The van der Waals surface area contributed by atoms with Crippen LogP contribution in [0.3, 0.4) is 0 Å². The van der Waals surface area contributed by atoms with Crippen LogP contribution in [0.15, 0.2) is 29.3 Å². The number of nitrogens with one attached hydrogen (secondary N) is 2. The highest BCUT2D eigenvalue weighted by atomic mass is 127. The van der Waals surface area contributed by atoms with Gasteiger partial charge in [0.1, 0.15) is 5.82 Å². The molecule has 2 N–H and O–H groups in total. The molecule has 2 heterocycles. The Hall–Kier alpha value is -1.84. The van der Waals surface area contributed by atoms with Gasteiger partial charge in [-0.3, -0.25) is 9.79 Å². The SMILES string of the molecule is CN=C(NCCn1c(C)nc2ccccc21)NC1CCN(C(=O)C2CCCCC2)C1.I. The summed E-state index contributed by atoms with van der Waals surface area (Å²) in [5.74, 6) is 2.44. The Bertz CT molecular complexity index is 905. The first-order chi connectivity index (χ1) is 14.7. The minimum Gasteiger partial charge on any atom is -0.355 e. The monoisotopic (exact) mass is 538 g/mol. The number of amides is 1. The number of nitrogens with zero attached hydrogens (tertiary/aromatic N) is 4. The molecule has 0 radical (unpaired) electrons. The van der Waals surface area contributed by atoms with E-state index in [0.717, 1.165) is 68.3 Å². The molecule has 8 heteroatoms. The molecule has 170 valence electrons. The molecule has 2 aliphatic rings. The average Bonchev–Trinajstić information content (AvgIpc) is 3.37. The Balaban J connectivity index is 0.00000272. The first-order valence-electron chi connectivity index (χ1n) is 11.3. The quantitative estimate of drug-likeness (QED) is 0.348. The van der Waals surface area contributed by atoms with Gasteiger partial charge in [0.25, 0.3) is 0 Å². The van der Waals surface area contributed by atoms with Gasteiger partial charge >= 0.3 is 0 Å². The van der Waals surface area contributed by atoms with Crippen LogP contribution in [0, 0.1) is 12.8 Å². The third kappa shape index (κ3) is 5.70. The first-order valence-corrected chi connectivity index (χ1v) is 11.3. The van der Waals surface area contributed by atoms with Gasteiger partial charge in [-0.1, -0.05) is 31.4 Å². The van der Waals surface area contributed by atoms with Crippen LogP contribution in [0.1, 0.15) is 44.3 Å². The second-order valence-corrected chi connectivity index (χ2v) is 8.55. The van der Waals surface area contributed by atoms with Gasteiger partial charge in [-0.2, -0.15) is 0 Å². The molecule has 0 spiro atoms. The number of imidazole rings is 1. The van der Waals surface area contributed by atoms with Gasteiger partial charge in [0, 0.05) is 45.2 Å². The number of fused-ring (bicyclic) bond motifs is 1. The highest BCUT2D eigenvalue weighted by molar-refractivity contribution is 14.0. The molecule has 1 amide bonds. The van der Waals surface area contributed by atoms with Crippen molar-refractivity contribution in [3.05, 3.63) is 30.1 Å². The lowest BCUT2D eigenvalue weighted by Crippen LogP contribution is -2.46. The number of aliphatic imine (C=N–C) groups is 1. The maximum Gasteiger partial charge on any atom is 0.225 e. The van der Waals surface area contributed by atoms with Crippen molar-refractivity contribution in [3.63, 3.8) is 0 Å². The molecule has 1 atom stereocenters. The fourth-order valence-corrected chi connectivity index (χ4v) is 4.84. The van der Waals surface area contributed by atoms with Crippen molar-refractivity contribution in [3.8, 4) is 0 Å². The molecule has 1 aromatic carbocycles. The van der Waals surface area contributed by atoms with Crippen LogP contribution >= 0.6 is 24.0 Å². The van der Waals surface area contributed by atoms with E-state index in [1.807, 2.05) is 25.1 Å². The fraction of sp³-hybridized carbons (Fsp3) is 0.609. The number of carbonyl (C=O) groups excluding carboxylic acids is 1. The number of guanidine groups is 1. The molecule has 2 fully saturated rings. The number of benzene rings is 1. The number of aromatic nitrogens is 2. The number of likely N-dealkylation sites (tertiary alicyclic amines) is 1. The van der Waals surface area contributed by atoms with Crippen LogP contribution in [-0.2, 0) is 11.3 Å². The van der Waals surface area contributed by atoms with E-state index in [1.54, 1.807) is 7.05 Å². The predicted octanol–water partition coefficient (Wildman–Crippen LogP) is 3.31. The summed E-state index contributed by atoms with van der Waals surface area (Å²) in [6.07, 6.45) is 6.80. The zero-order valence-electron chi connectivity index (χ0n) is 18.6. The van der Waals surface area contributed by atoms with Crippen molar-refractivity contribution >= 4 is 46.9 Å². The summed E-state index contributed by atoms with van der Waals surface area (Å²) < 4.78 is 2.23. The summed E-state index contributed by atoms with van der Waals surface area (Å²) in [4.78, 5) is 23.9. The van der Waals surface area contributed by atoms with E-state index in [1.165, 1.54) is 19.3 Å². The summed E-state index contributed by atoms with van der Waals surface area (Å²) in [6, 6.07) is 8.49. The third-order valence-corrected chi connectivity index (χ3v) is 6.49. The van der Waals surface area contributed by atoms with Crippen LogP contribution in [-0.4, -0.2) is 59.0 Å². The van der Waals surface area contributed by atoms with Gasteiger partial charge in [0.05, 0.1) is 11.0 Å². The van der Waals surface area contributed by atoms with E-state index < -0.39 is 0 Å². The Kier molecular flexibility index (Phi) is 8.57. The Morgan fingerprint density at radius 2 is 1.97 bits per heavy atom. The standard InChI is InChI=1S/C23H34N6O.HI/c1-17-26-20-10-6-7-11-21(20)29(17)15-13-25-23(24-2)27-19-12-14-28(16-19)22(30)18-8-4-3-5-9-18;/h6-7,10-11,18-19H,3-5,8-9,12-16H2,1-2H3,(H2,24,25,27);1H. The van der Waals surface area contributed by atoms with Gasteiger partial charge < -0.3 is 20.1 Å². The number of carbonyl (C=O) groups is 1. The topological polar surface area (TPSA) is 74.6 Å². The maximum atomic E-state index is 12.8. The third-order valence-electron chi connectivity index (χ3n) is 6.49. The molecule has 1 saturated heterocycles. The molecule has 2 aromatic rings. The largest absolute Gasteiger partial charge is 0.355 e. The zero-order chi connectivity index (χ0) is 20.9. The lowest BCUT2D eigenvalue weighted by Gasteiger charge is -2.26. The van der Waals surface area contributed by atoms with Crippen LogP contribution < -0.4 is 10.6 Å². The Labute approximate surface area is 202 Å². The first kappa shape index (κ1) is 23.8. The van der Waals surface area contributed by atoms with Crippen molar-refractivity contribution in [2.75, 3.05) is 26.7 Å². The predicted molar refractivity (Wildman–Crippen MR) is 136 cm³/mol. The van der Waals surface area contributed by atoms with Gasteiger partial charge in [-0.05, 0) is 38.3 Å². The number of para-hydroxylation sites is 2. The minimum absolute atomic E-state index is 0. The van der Waals surface area contributed by atoms with E-state index in [9.17, 15) is 4.79 Å². The average molecular weight is 538 g/mol. The maximum absolute atomic E-state index is 12.8. The highest BCUT2D eigenvalue weighted by Crippen LogP contribution is 2.26. The van der Waals surface area contributed by atoms with Crippen LogP contribution in [0.25, 0.3) is 11.0 Å². The smallest absolute Gasteiger partial charge is 0.225 e.